The SMILES string of the molecule is CCCC1(CCCC(=O)[C@H](O)[C@@H](O)C(=O)N[C@@H](C)c2ccc(Br)cc2)CCNC1. The van der Waals surface area contributed by atoms with E-state index in [0.29, 0.717) is 6.42 Å². The Hall–Kier alpha value is -1.28. The summed E-state index contributed by atoms with van der Waals surface area (Å²) < 4.78 is 0.926. The molecule has 6 nitrogen and oxygen atoms in total. The lowest BCUT2D eigenvalue weighted by molar-refractivity contribution is -0.145. The number of amides is 1. The van der Waals surface area contributed by atoms with Gasteiger partial charge in [0.15, 0.2) is 11.9 Å². The summed E-state index contributed by atoms with van der Waals surface area (Å²) in [5.41, 5.74) is 1.09. The van der Waals surface area contributed by atoms with Crippen LogP contribution >= 0.6 is 15.9 Å². The van der Waals surface area contributed by atoms with E-state index in [4.69, 9.17) is 0 Å². The maximum atomic E-state index is 12.3. The van der Waals surface area contributed by atoms with Crippen LogP contribution in [0.25, 0.3) is 0 Å². The van der Waals surface area contributed by atoms with E-state index in [1.165, 1.54) is 0 Å². The standard InChI is InChI=1S/C22H33BrN2O4/c1-3-10-22(12-13-24-14-22)11-4-5-18(26)19(27)20(28)21(29)25-15(2)16-6-8-17(23)9-7-16/h6-9,15,19-20,24,27-28H,3-5,10-14H2,1-2H3,(H,25,29)/t15-,19-,20+,22?/m0/s1. The Bertz CT molecular complexity index is 674. The minimum atomic E-state index is -1.77. The maximum Gasteiger partial charge on any atom is 0.252 e. The lowest BCUT2D eigenvalue weighted by atomic mass is 9.78. The summed E-state index contributed by atoms with van der Waals surface area (Å²) in [6, 6.07) is 7.08. The van der Waals surface area contributed by atoms with Gasteiger partial charge in [0.2, 0.25) is 0 Å². The molecule has 1 aliphatic heterocycles. The highest BCUT2D eigenvalue weighted by Crippen LogP contribution is 2.36. The zero-order valence-electron chi connectivity index (χ0n) is 17.3. The monoisotopic (exact) mass is 468 g/mol. The number of ketones is 1. The maximum absolute atomic E-state index is 12.3. The molecule has 1 saturated heterocycles. The van der Waals surface area contributed by atoms with Crippen molar-refractivity contribution in [1.82, 2.24) is 10.6 Å². The fraction of sp³-hybridized carbons (Fsp3) is 0.636. The lowest BCUT2D eigenvalue weighted by Crippen LogP contribution is -2.46. The quantitative estimate of drug-likeness (QED) is 0.400. The molecule has 1 aromatic carbocycles. The summed E-state index contributed by atoms with van der Waals surface area (Å²) >= 11 is 3.36. The Morgan fingerprint density at radius 2 is 1.90 bits per heavy atom. The fourth-order valence-electron chi connectivity index (χ4n) is 4.12. The Morgan fingerprint density at radius 3 is 2.48 bits per heavy atom. The number of nitrogens with one attached hydrogen (secondary N) is 2. The average molecular weight is 469 g/mol. The normalized spacial score (nSPS) is 22.1. The first-order chi connectivity index (χ1) is 13.8. The average Bonchev–Trinajstić information content (AvgIpc) is 3.15. The van der Waals surface area contributed by atoms with Crippen molar-refractivity contribution in [3.63, 3.8) is 0 Å². The third kappa shape index (κ3) is 6.88. The van der Waals surface area contributed by atoms with Crippen LogP contribution in [0.15, 0.2) is 28.7 Å². The minimum absolute atomic E-state index is 0.166. The molecule has 1 amide bonds. The van der Waals surface area contributed by atoms with Gasteiger partial charge in [0.25, 0.3) is 5.91 Å². The van der Waals surface area contributed by atoms with Crippen LogP contribution < -0.4 is 10.6 Å². The van der Waals surface area contributed by atoms with Crippen molar-refractivity contribution in [1.29, 1.82) is 0 Å². The van der Waals surface area contributed by atoms with Crippen molar-refractivity contribution in [2.45, 2.75) is 70.6 Å². The molecule has 0 radical (unpaired) electrons. The van der Waals surface area contributed by atoms with Gasteiger partial charge in [0, 0.05) is 17.4 Å². The highest BCUT2D eigenvalue weighted by atomic mass is 79.9. The molecule has 1 aromatic rings. The van der Waals surface area contributed by atoms with Crippen molar-refractivity contribution in [2.24, 2.45) is 5.41 Å². The summed E-state index contributed by atoms with van der Waals surface area (Å²) in [5.74, 6) is -1.23. The number of Topliss-reactive ketones (excluding diaryl/α,β-unsaturated/α-hetero) is 1. The molecular formula is C22H33BrN2O4. The number of aliphatic hydroxyl groups excluding tert-OH is 2. The summed E-state index contributed by atoms with van der Waals surface area (Å²) in [6.07, 6.45) is 1.60. The van der Waals surface area contributed by atoms with E-state index in [-0.39, 0.29) is 17.9 Å². The zero-order chi connectivity index (χ0) is 21.4. The fourth-order valence-corrected chi connectivity index (χ4v) is 4.38. The van der Waals surface area contributed by atoms with Crippen LogP contribution in [0.2, 0.25) is 0 Å². The molecule has 1 unspecified atom stereocenters. The second-order valence-electron chi connectivity index (χ2n) is 8.17. The molecule has 0 aliphatic carbocycles. The predicted octanol–water partition coefficient (Wildman–Crippen LogP) is 2.87. The van der Waals surface area contributed by atoms with Crippen molar-refractivity contribution < 1.29 is 19.8 Å². The predicted molar refractivity (Wildman–Crippen MR) is 116 cm³/mol. The van der Waals surface area contributed by atoms with Crippen LogP contribution in [0.3, 0.4) is 0 Å². The van der Waals surface area contributed by atoms with E-state index >= 15 is 0 Å². The Labute approximate surface area is 181 Å². The molecule has 7 heteroatoms. The smallest absolute Gasteiger partial charge is 0.252 e. The number of carbonyl (C=O) groups excluding carboxylic acids is 2. The van der Waals surface area contributed by atoms with Crippen molar-refractivity contribution >= 4 is 27.6 Å². The van der Waals surface area contributed by atoms with Crippen molar-refractivity contribution in [2.75, 3.05) is 13.1 Å². The molecule has 4 N–H and O–H groups in total. The molecule has 0 aromatic heterocycles. The van der Waals surface area contributed by atoms with Gasteiger partial charge in [-0.15, -0.1) is 0 Å². The van der Waals surface area contributed by atoms with Gasteiger partial charge in [-0.2, -0.15) is 0 Å². The van der Waals surface area contributed by atoms with Gasteiger partial charge in [0.1, 0.15) is 6.10 Å². The summed E-state index contributed by atoms with van der Waals surface area (Å²) in [5, 5.41) is 26.3. The van der Waals surface area contributed by atoms with Crippen molar-refractivity contribution in [3.05, 3.63) is 34.3 Å². The minimum Gasteiger partial charge on any atom is -0.382 e. The second-order valence-corrected chi connectivity index (χ2v) is 9.08. The van der Waals surface area contributed by atoms with Gasteiger partial charge in [-0.3, -0.25) is 9.59 Å². The number of aliphatic hydroxyl groups is 2. The molecule has 0 bridgehead atoms. The Balaban J connectivity index is 1.81. The lowest BCUT2D eigenvalue weighted by Gasteiger charge is -2.28. The van der Waals surface area contributed by atoms with Crippen LogP contribution in [-0.4, -0.2) is 47.2 Å². The molecule has 1 aliphatic rings. The third-order valence-corrected chi connectivity index (χ3v) is 6.40. The van der Waals surface area contributed by atoms with Crippen LogP contribution in [0, 0.1) is 5.41 Å². The molecule has 0 saturated carbocycles. The highest BCUT2D eigenvalue weighted by Gasteiger charge is 2.34. The van der Waals surface area contributed by atoms with E-state index in [9.17, 15) is 19.8 Å². The van der Waals surface area contributed by atoms with Crippen molar-refractivity contribution in [3.8, 4) is 0 Å². The molecule has 1 heterocycles. The Kier molecular flexibility index (Phi) is 9.27. The van der Waals surface area contributed by atoms with Gasteiger partial charge in [-0.25, -0.2) is 0 Å². The summed E-state index contributed by atoms with van der Waals surface area (Å²) in [4.78, 5) is 24.6. The van der Waals surface area contributed by atoms with Gasteiger partial charge in [-0.05, 0) is 62.3 Å². The molecule has 4 atom stereocenters. The van der Waals surface area contributed by atoms with E-state index in [0.717, 1.165) is 48.8 Å². The molecule has 29 heavy (non-hydrogen) atoms. The summed E-state index contributed by atoms with van der Waals surface area (Å²) in [6.45, 7) is 5.92. The summed E-state index contributed by atoms with van der Waals surface area (Å²) in [7, 11) is 0. The third-order valence-electron chi connectivity index (χ3n) is 5.87. The van der Waals surface area contributed by atoms with E-state index in [2.05, 4.69) is 33.5 Å². The topological polar surface area (TPSA) is 98.7 Å². The zero-order valence-corrected chi connectivity index (χ0v) is 18.9. The number of halogens is 1. The molecule has 1 fully saturated rings. The number of hydrogen-bond donors (Lipinski definition) is 4. The molecular weight excluding hydrogens is 436 g/mol. The number of rotatable bonds is 11. The molecule has 162 valence electrons. The molecule has 2 rings (SSSR count). The Morgan fingerprint density at radius 1 is 1.21 bits per heavy atom. The van der Waals surface area contributed by atoms with Crippen LogP contribution in [0.1, 0.15) is 64.0 Å². The highest BCUT2D eigenvalue weighted by molar-refractivity contribution is 9.10. The first kappa shape index (κ1) is 24.0. The van der Waals surface area contributed by atoms with Crippen LogP contribution in [0.4, 0.5) is 0 Å². The number of carbonyl (C=O) groups is 2. The number of hydrogen-bond acceptors (Lipinski definition) is 5. The van der Waals surface area contributed by atoms with Gasteiger partial charge in [-0.1, -0.05) is 41.4 Å². The molecule has 0 spiro atoms. The van der Waals surface area contributed by atoms with Gasteiger partial charge >= 0.3 is 0 Å². The van der Waals surface area contributed by atoms with Crippen LogP contribution in [0.5, 0.6) is 0 Å². The number of benzene rings is 1. The first-order valence-electron chi connectivity index (χ1n) is 10.4. The second kappa shape index (κ2) is 11.2. The van der Waals surface area contributed by atoms with E-state index in [1.54, 1.807) is 6.92 Å². The first-order valence-corrected chi connectivity index (χ1v) is 11.2. The van der Waals surface area contributed by atoms with Crippen LogP contribution in [-0.2, 0) is 9.59 Å². The van der Waals surface area contributed by atoms with Gasteiger partial charge in [0.05, 0.1) is 6.04 Å². The largest absolute Gasteiger partial charge is 0.382 e. The van der Waals surface area contributed by atoms with E-state index in [1.807, 2.05) is 24.3 Å². The van der Waals surface area contributed by atoms with E-state index < -0.39 is 23.9 Å². The van der Waals surface area contributed by atoms with Gasteiger partial charge < -0.3 is 20.8 Å².